The van der Waals surface area contributed by atoms with Crippen molar-refractivity contribution < 1.29 is 9.53 Å². The van der Waals surface area contributed by atoms with E-state index in [4.69, 9.17) is 4.74 Å². The molecular weight excluding hydrogens is 338 g/mol. The van der Waals surface area contributed by atoms with E-state index >= 15 is 0 Å². The van der Waals surface area contributed by atoms with Crippen LogP contribution in [0.1, 0.15) is 57.1 Å². The number of piperidine rings is 1. The molecule has 1 N–H and O–H groups in total. The van der Waals surface area contributed by atoms with Crippen molar-refractivity contribution in [1.82, 2.24) is 10.2 Å². The largest absolute Gasteiger partial charge is 0.466 e. The molecule has 1 saturated heterocycles. The highest BCUT2D eigenvalue weighted by Crippen LogP contribution is 2.19. The molecule has 0 saturated carbocycles. The smallest absolute Gasteiger partial charge is 0.309 e. The van der Waals surface area contributed by atoms with Gasteiger partial charge in [0.05, 0.1) is 12.5 Å². The van der Waals surface area contributed by atoms with Crippen molar-refractivity contribution in [2.75, 3.05) is 33.3 Å². The molecule has 0 radical (unpaired) electrons. The Kier molecular flexibility index (Phi) is 8.62. The monoisotopic (exact) mass is 373 g/mol. The molecule has 0 aliphatic carbocycles. The van der Waals surface area contributed by atoms with Crippen LogP contribution in [-0.4, -0.2) is 50.1 Å². The molecule has 27 heavy (non-hydrogen) atoms. The number of guanidine groups is 1. The number of rotatable bonds is 7. The van der Waals surface area contributed by atoms with E-state index in [-0.39, 0.29) is 11.9 Å². The summed E-state index contributed by atoms with van der Waals surface area (Å²) in [5.41, 5.74) is 2.77. The maximum absolute atomic E-state index is 11.9. The minimum Gasteiger partial charge on any atom is -0.466 e. The lowest BCUT2D eigenvalue weighted by Gasteiger charge is -2.33. The fraction of sp³-hybridized carbons (Fsp3) is 0.636. The molecule has 0 unspecified atom stereocenters. The van der Waals surface area contributed by atoms with Crippen molar-refractivity contribution in [3.8, 4) is 0 Å². The summed E-state index contributed by atoms with van der Waals surface area (Å²) in [6, 6.07) is 8.95. The van der Waals surface area contributed by atoms with Crippen LogP contribution in [0.2, 0.25) is 0 Å². The maximum atomic E-state index is 11.9. The number of nitrogens with one attached hydrogen (secondary N) is 1. The Labute approximate surface area is 164 Å². The second-order valence-electron chi connectivity index (χ2n) is 7.49. The number of carbonyl (C=O) groups excluding carboxylic acids is 1. The van der Waals surface area contributed by atoms with Gasteiger partial charge in [-0.1, -0.05) is 38.1 Å². The first-order chi connectivity index (χ1) is 13.0. The van der Waals surface area contributed by atoms with E-state index in [2.05, 4.69) is 53.3 Å². The van der Waals surface area contributed by atoms with Crippen molar-refractivity contribution in [2.45, 2.75) is 52.4 Å². The lowest BCUT2D eigenvalue weighted by atomic mass is 9.97. The lowest BCUT2D eigenvalue weighted by molar-refractivity contribution is -0.149. The van der Waals surface area contributed by atoms with Crippen LogP contribution in [0.4, 0.5) is 0 Å². The van der Waals surface area contributed by atoms with Crippen LogP contribution in [0.15, 0.2) is 29.3 Å². The van der Waals surface area contributed by atoms with Crippen LogP contribution in [0, 0.1) is 5.92 Å². The number of carbonyl (C=O) groups is 1. The van der Waals surface area contributed by atoms with E-state index in [0.717, 1.165) is 51.3 Å². The molecular formula is C22H35N3O2. The van der Waals surface area contributed by atoms with E-state index in [1.165, 1.54) is 11.1 Å². The van der Waals surface area contributed by atoms with Gasteiger partial charge in [0.1, 0.15) is 0 Å². The van der Waals surface area contributed by atoms with Crippen LogP contribution < -0.4 is 5.32 Å². The average Bonchev–Trinajstić information content (AvgIpc) is 2.69. The van der Waals surface area contributed by atoms with Crippen LogP contribution in [-0.2, 0) is 16.0 Å². The zero-order chi connectivity index (χ0) is 19.6. The number of likely N-dealkylation sites (tertiary alicyclic amines) is 1. The molecule has 1 aliphatic rings. The Hall–Kier alpha value is -2.04. The molecule has 0 bridgehead atoms. The molecule has 1 aromatic carbocycles. The normalized spacial score (nSPS) is 15.9. The summed E-state index contributed by atoms with van der Waals surface area (Å²) in [7, 11) is 1.82. The molecule has 0 atom stereocenters. The Morgan fingerprint density at radius 1 is 1.26 bits per heavy atom. The predicted octanol–water partition coefficient (Wildman–Crippen LogP) is 3.59. The minimum atomic E-state index is -0.0522. The van der Waals surface area contributed by atoms with Crippen molar-refractivity contribution in [1.29, 1.82) is 0 Å². The van der Waals surface area contributed by atoms with Gasteiger partial charge in [0, 0.05) is 26.7 Å². The van der Waals surface area contributed by atoms with Gasteiger partial charge in [-0.15, -0.1) is 0 Å². The quantitative estimate of drug-likeness (QED) is 0.343. The molecule has 1 heterocycles. The van der Waals surface area contributed by atoms with Gasteiger partial charge in [-0.05, 0) is 49.7 Å². The third-order valence-corrected chi connectivity index (χ3v) is 5.20. The zero-order valence-electron chi connectivity index (χ0n) is 17.3. The summed E-state index contributed by atoms with van der Waals surface area (Å²) in [5, 5.41) is 3.47. The predicted molar refractivity (Wildman–Crippen MR) is 111 cm³/mol. The first-order valence-corrected chi connectivity index (χ1v) is 10.3. The summed E-state index contributed by atoms with van der Waals surface area (Å²) in [5.74, 6) is 1.50. The number of aryl methyl sites for hydroxylation is 1. The van der Waals surface area contributed by atoms with E-state index in [9.17, 15) is 4.79 Å². The van der Waals surface area contributed by atoms with Gasteiger partial charge in [0.15, 0.2) is 5.96 Å². The third-order valence-electron chi connectivity index (χ3n) is 5.20. The SMILES string of the molecule is CCOC(=O)C1CCN(C(=NC)NCCCc2ccc(C(C)C)cc2)CC1. The van der Waals surface area contributed by atoms with Crippen molar-refractivity contribution in [3.05, 3.63) is 35.4 Å². The van der Waals surface area contributed by atoms with Gasteiger partial charge in [0.2, 0.25) is 0 Å². The fourth-order valence-corrected chi connectivity index (χ4v) is 3.48. The maximum Gasteiger partial charge on any atom is 0.309 e. The van der Waals surface area contributed by atoms with Gasteiger partial charge in [-0.2, -0.15) is 0 Å². The molecule has 0 aromatic heterocycles. The average molecular weight is 374 g/mol. The van der Waals surface area contributed by atoms with Crippen LogP contribution in [0.5, 0.6) is 0 Å². The Bertz CT molecular complexity index is 602. The van der Waals surface area contributed by atoms with E-state index in [1.807, 2.05) is 14.0 Å². The lowest BCUT2D eigenvalue weighted by Crippen LogP contribution is -2.47. The molecule has 1 aliphatic heterocycles. The number of aliphatic imine (C=N–C) groups is 1. The van der Waals surface area contributed by atoms with E-state index < -0.39 is 0 Å². The van der Waals surface area contributed by atoms with Crippen LogP contribution >= 0.6 is 0 Å². The number of ether oxygens (including phenoxy) is 1. The summed E-state index contributed by atoms with van der Waals surface area (Å²) in [4.78, 5) is 18.5. The Morgan fingerprint density at radius 2 is 1.93 bits per heavy atom. The van der Waals surface area contributed by atoms with Crippen molar-refractivity contribution in [3.63, 3.8) is 0 Å². The first-order valence-electron chi connectivity index (χ1n) is 10.3. The topological polar surface area (TPSA) is 53.9 Å². The molecule has 0 amide bonds. The highest BCUT2D eigenvalue weighted by molar-refractivity contribution is 5.80. The second-order valence-corrected chi connectivity index (χ2v) is 7.49. The third kappa shape index (κ3) is 6.56. The van der Waals surface area contributed by atoms with Crippen molar-refractivity contribution in [2.24, 2.45) is 10.9 Å². The van der Waals surface area contributed by atoms with Gasteiger partial charge in [0.25, 0.3) is 0 Å². The summed E-state index contributed by atoms with van der Waals surface area (Å²) < 4.78 is 5.14. The number of esters is 1. The highest BCUT2D eigenvalue weighted by Gasteiger charge is 2.27. The van der Waals surface area contributed by atoms with E-state index in [1.54, 1.807) is 0 Å². The highest BCUT2D eigenvalue weighted by atomic mass is 16.5. The minimum absolute atomic E-state index is 0.0353. The molecule has 5 nitrogen and oxygen atoms in total. The molecule has 150 valence electrons. The fourth-order valence-electron chi connectivity index (χ4n) is 3.48. The number of hydrogen-bond acceptors (Lipinski definition) is 3. The number of benzene rings is 1. The first kappa shape index (κ1) is 21.3. The van der Waals surface area contributed by atoms with Crippen LogP contribution in [0.25, 0.3) is 0 Å². The second kappa shape index (κ2) is 11.0. The molecule has 5 heteroatoms. The van der Waals surface area contributed by atoms with Gasteiger partial charge < -0.3 is 15.0 Å². The van der Waals surface area contributed by atoms with Gasteiger partial charge in [-0.3, -0.25) is 9.79 Å². The van der Waals surface area contributed by atoms with Crippen molar-refractivity contribution >= 4 is 11.9 Å². The molecule has 1 aromatic rings. The number of nitrogens with zero attached hydrogens (tertiary/aromatic N) is 2. The van der Waals surface area contributed by atoms with Crippen LogP contribution in [0.3, 0.4) is 0 Å². The Morgan fingerprint density at radius 3 is 2.48 bits per heavy atom. The van der Waals surface area contributed by atoms with E-state index in [0.29, 0.717) is 12.5 Å². The standard InChI is InChI=1S/C22H35N3O2/c1-5-27-21(26)20-12-15-25(16-13-20)22(23-4)24-14-6-7-18-8-10-19(11-9-18)17(2)3/h8-11,17,20H,5-7,12-16H2,1-4H3,(H,23,24). The molecule has 0 spiro atoms. The molecule has 1 fully saturated rings. The summed E-state index contributed by atoms with van der Waals surface area (Å²) in [6.45, 7) is 9.36. The Balaban J connectivity index is 1.71. The molecule has 2 rings (SSSR count). The van der Waals surface area contributed by atoms with Gasteiger partial charge >= 0.3 is 5.97 Å². The summed E-state index contributed by atoms with van der Waals surface area (Å²) >= 11 is 0. The summed E-state index contributed by atoms with van der Waals surface area (Å²) in [6.07, 6.45) is 3.80. The van der Waals surface area contributed by atoms with Gasteiger partial charge in [-0.25, -0.2) is 0 Å². The number of hydrogen-bond donors (Lipinski definition) is 1. The zero-order valence-corrected chi connectivity index (χ0v) is 17.3.